The fourth-order valence-electron chi connectivity index (χ4n) is 2.94. The highest BCUT2D eigenvalue weighted by Gasteiger charge is 2.17. The third kappa shape index (κ3) is 4.16. The molecule has 144 valence electrons. The van der Waals surface area contributed by atoms with Crippen molar-refractivity contribution in [3.63, 3.8) is 0 Å². The van der Waals surface area contributed by atoms with Gasteiger partial charge in [-0.05, 0) is 30.5 Å². The van der Waals surface area contributed by atoms with Crippen LogP contribution in [0.4, 0.5) is 5.69 Å². The van der Waals surface area contributed by atoms with Gasteiger partial charge in [0.25, 0.3) is 5.91 Å². The number of benzene rings is 3. The number of esters is 1. The Balaban J connectivity index is 1.39. The molecule has 1 amide bonds. The summed E-state index contributed by atoms with van der Waals surface area (Å²) >= 11 is 0. The Kier molecular flexibility index (Phi) is 5.07. The Morgan fingerprint density at radius 1 is 1.03 bits per heavy atom. The van der Waals surface area contributed by atoms with Crippen molar-refractivity contribution in [1.29, 1.82) is 0 Å². The van der Waals surface area contributed by atoms with E-state index in [-0.39, 0.29) is 5.89 Å². The highest BCUT2D eigenvalue weighted by Crippen LogP contribution is 2.23. The number of oxazole rings is 1. The van der Waals surface area contributed by atoms with Crippen LogP contribution < -0.4 is 5.32 Å². The maximum atomic E-state index is 12.4. The SMILES string of the molecule is CC(OC(=O)/C=C/c1nc2ccccc2o1)C(=O)Nc1cccc2ccccc12. The molecule has 1 unspecified atom stereocenters. The number of hydrogen-bond donors (Lipinski definition) is 1. The van der Waals surface area contributed by atoms with E-state index < -0.39 is 18.0 Å². The molecule has 29 heavy (non-hydrogen) atoms. The highest BCUT2D eigenvalue weighted by atomic mass is 16.5. The molecule has 6 nitrogen and oxygen atoms in total. The smallest absolute Gasteiger partial charge is 0.331 e. The molecule has 0 radical (unpaired) electrons. The molecule has 0 aliphatic carbocycles. The number of carbonyl (C=O) groups excluding carboxylic acids is 2. The zero-order chi connectivity index (χ0) is 20.2. The number of aromatic nitrogens is 1. The molecule has 4 aromatic rings. The normalized spacial score (nSPS) is 12.3. The van der Waals surface area contributed by atoms with E-state index in [0.29, 0.717) is 16.8 Å². The monoisotopic (exact) mass is 386 g/mol. The Morgan fingerprint density at radius 3 is 2.66 bits per heavy atom. The summed E-state index contributed by atoms with van der Waals surface area (Å²) in [7, 11) is 0. The van der Waals surface area contributed by atoms with Gasteiger partial charge in [-0.15, -0.1) is 0 Å². The van der Waals surface area contributed by atoms with Crippen LogP contribution in [0.15, 0.2) is 77.2 Å². The molecule has 1 N–H and O–H groups in total. The van der Waals surface area contributed by atoms with Crippen LogP contribution in [0.1, 0.15) is 12.8 Å². The second-order valence-corrected chi connectivity index (χ2v) is 6.45. The van der Waals surface area contributed by atoms with Crippen molar-refractivity contribution in [3.8, 4) is 0 Å². The zero-order valence-electron chi connectivity index (χ0n) is 15.7. The summed E-state index contributed by atoms with van der Waals surface area (Å²) < 4.78 is 10.7. The number of carbonyl (C=O) groups is 2. The summed E-state index contributed by atoms with van der Waals surface area (Å²) in [6, 6.07) is 20.6. The number of nitrogens with zero attached hydrogens (tertiary/aromatic N) is 1. The average molecular weight is 386 g/mol. The van der Waals surface area contributed by atoms with Gasteiger partial charge in [0.15, 0.2) is 11.7 Å². The first-order valence-electron chi connectivity index (χ1n) is 9.13. The maximum Gasteiger partial charge on any atom is 0.331 e. The zero-order valence-corrected chi connectivity index (χ0v) is 15.7. The van der Waals surface area contributed by atoms with E-state index >= 15 is 0 Å². The minimum absolute atomic E-state index is 0.288. The lowest BCUT2D eigenvalue weighted by atomic mass is 10.1. The average Bonchev–Trinajstić information content (AvgIpc) is 3.15. The first-order chi connectivity index (χ1) is 14.1. The quantitative estimate of drug-likeness (QED) is 0.401. The molecule has 0 saturated heterocycles. The van der Waals surface area contributed by atoms with Gasteiger partial charge in [0.1, 0.15) is 5.52 Å². The number of fused-ring (bicyclic) bond motifs is 2. The molecular formula is C23H18N2O4. The van der Waals surface area contributed by atoms with Crippen molar-refractivity contribution in [2.45, 2.75) is 13.0 Å². The highest BCUT2D eigenvalue weighted by molar-refractivity contribution is 6.04. The largest absolute Gasteiger partial charge is 0.449 e. The third-order valence-corrected chi connectivity index (χ3v) is 4.38. The van der Waals surface area contributed by atoms with E-state index in [2.05, 4.69) is 10.3 Å². The fourth-order valence-corrected chi connectivity index (χ4v) is 2.94. The molecule has 6 heteroatoms. The molecule has 1 atom stereocenters. The number of hydrogen-bond acceptors (Lipinski definition) is 5. The van der Waals surface area contributed by atoms with E-state index in [1.807, 2.05) is 60.7 Å². The molecule has 3 aromatic carbocycles. The maximum absolute atomic E-state index is 12.4. The van der Waals surface area contributed by atoms with Crippen LogP contribution in [-0.4, -0.2) is 23.0 Å². The summed E-state index contributed by atoms with van der Waals surface area (Å²) in [5, 5.41) is 4.74. The summed E-state index contributed by atoms with van der Waals surface area (Å²) in [4.78, 5) is 28.7. The third-order valence-electron chi connectivity index (χ3n) is 4.38. The second-order valence-electron chi connectivity index (χ2n) is 6.45. The molecule has 0 aliphatic rings. The number of anilines is 1. The second kappa shape index (κ2) is 7.98. The Hall–Kier alpha value is -3.93. The van der Waals surface area contributed by atoms with E-state index in [9.17, 15) is 9.59 Å². The van der Waals surface area contributed by atoms with Gasteiger partial charge in [-0.3, -0.25) is 4.79 Å². The van der Waals surface area contributed by atoms with E-state index in [1.165, 1.54) is 19.1 Å². The van der Waals surface area contributed by atoms with Gasteiger partial charge >= 0.3 is 5.97 Å². The topological polar surface area (TPSA) is 81.4 Å². The van der Waals surface area contributed by atoms with Crippen molar-refractivity contribution in [2.75, 3.05) is 5.32 Å². The van der Waals surface area contributed by atoms with Gasteiger partial charge in [0.05, 0.1) is 0 Å². The summed E-state index contributed by atoms with van der Waals surface area (Å²) in [6.07, 6.45) is 1.64. The van der Waals surface area contributed by atoms with Crippen molar-refractivity contribution in [2.24, 2.45) is 0 Å². The summed E-state index contributed by atoms with van der Waals surface area (Å²) in [5.74, 6) is -0.784. The Labute approximate surface area is 166 Å². The fraction of sp³-hybridized carbons (Fsp3) is 0.0870. The van der Waals surface area contributed by atoms with Crippen LogP contribution in [0.3, 0.4) is 0 Å². The van der Waals surface area contributed by atoms with Crippen molar-refractivity contribution >= 4 is 45.5 Å². The van der Waals surface area contributed by atoms with Gasteiger partial charge in [-0.1, -0.05) is 48.5 Å². The number of para-hydroxylation sites is 2. The van der Waals surface area contributed by atoms with Crippen molar-refractivity contribution in [1.82, 2.24) is 4.98 Å². The first-order valence-corrected chi connectivity index (χ1v) is 9.13. The van der Waals surface area contributed by atoms with Crippen LogP contribution in [0, 0.1) is 0 Å². The van der Waals surface area contributed by atoms with Crippen molar-refractivity contribution < 1.29 is 18.7 Å². The molecule has 0 aliphatic heterocycles. The predicted octanol–water partition coefficient (Wildman–Crippen LogP) is 4.56. The molecule has 0 saturated carbocycles. The van der Waals surface area contributed by atoms with E-state index in [0.717, 1.165) is 10.8 Å². The van der Waals surface area contributed by atoms with Gasteiger partial charge in [0.2, 0.25) is 5.89 Å². The lowest BCUT2D eigenvalue weighted by molar-refractivity contribution is -0.148. The lowest BCUT2D eigenvalue weighted by Crippen LogP contribution is -2.29. The molecule has 1 heterocycles. The van der Waals surface area contributed by atoms with E-state index in [1.54, 1.807) is 6.07 Å². The van der Waals surface area contributed by atoms with Crippen LogP contribution >= 0.6 is 0 Å². The number of ether oxygens (including phenoxy) is 1. The summed E-state index contributed by atoms with van der Waals surface area (Å²) in [6.45, 7) is 1.52. The lowest BCUT2D eigenvalue weighted by Gasteiger charge is -2.13. The van der Waals surface area contributed by atoms with Crippen LogP contribution in [0.25, 0.3) is 27.9 Å². The standard InChI is InChI=1S/C23H18N2O4/c1-15(23(27)25-18-11-6-8-16-7-2-3-9-17(16)18)28-22(26)14-13-21-24-19-10-4-5-12-20(19)29-21/h2-15H,1H3,(H,25,27)/b14-13+. The minimum Gasteiger partial charge on any atom is -0.449 e. The Morgan fingerprint density at radius 2 is 1.79 bits per heavy atom. The van der Waals surface area contributed by atoms with Crippen LogP contribution in [0.5, 0.6) is 0 Å². The van der Waals surface area contributed by atoms with Gasteiger partial charge < -0.3 is 14.5 Å². The molecule has 0 spiro atoms. The van der Waals surface area contributed by atoms with Crippen LogP contribution in [-0.2, 0) is 14.3 Å². The predicted molar refractivity (Wildman–Crippen MR) is 111 cm³/mol. The molecule has 0 fully saturated rings. The number of rotatable bonds is 5. The van der Waals surface area contributed by atoms with Crippen molar-refractivity contribution in [3.05, 3.63) is 78.7 Å². The van der Waals surface area contributed by atoms with Gasteiger partial charge in [-0.2, -0.15) is 0 Å². The number of amides is 1. The molecule has 1 aromatic heterocycles. The first kappa shape index (κ1) is 18.4. The van der Waals surface area contributed by atoms with Gasteiger partial charge in [-0.25, -0.2) is 9.78 Å². The summed E-state index contributed by atoms with van der Waals surface area (Å²) in [5.41, 5.74) is 1.99. The van der Waals surface area contributed by atoms with Crippen LogP contribution in [0.2, 0.25) is 0 Å². The minimum atomic E-state index is -0.963. The van der Waals surface area contributed by atoms with E-state index in [4.69, 9.17) is 9.15 Å². The Bertz CT molecular complexity index is 1190. The molecular weight excluding hydrogens is 368 g/mol. The molecule has 0 bridgehead atoms. The van der Waals surface area contributed by atoms with Gasteiger partial charge in [0, 0.05) is 23.2 Å². The number of nitrogens with one attached hydrogen (secondary N) is 1. The molecule has 4 rings (SSSR count).